The SMILES string of the molecule is CNc1cnc(C[C@@H]2CCCN(C(=O)c3cccnc3OC)CC2)cn1. The molecule has 0 unspecified atom stereocenters. The van der Waals surface area contributed by atoms with Gasteiger partial charge in [-0.25, -0.2) is 9.97 Å². The number of amides is 1. The van der Waals surface area contributed by atoms with Crippen molar-refractivity contribution in [1.29, 1.82) is 0 Å². The fraction of sp³-hybridized carbons (Fsp3) is 0.474. The van der Waals surface area contributed by atoms with Crippen LogP contribution in [0.5, 0.6) is 5.88 Å². The molecule has 2 aromatic heterocycles. The highest BCUT2D eigenvalue weighted by atomic mass is 16.5. The van der Waals surface area contributed by atoms with Crippen molar-refractivity contribution in [3.05, 3.63) is 42.0 Å². The summed E-state index contributed by atoms with van der Waals surface area (Å²) >= 11 is 0. The van der Waals surface area contributed by atoms with Gasteiger partial charge >= 0.3 is 0 Å². The molecule has 1 atom stereocenters. The molecule has 2 aromatic rings. The van der Waals surface area contributed by atoms with Crippen LogP contribution in [0.2, 0.25) is 0 Å². The first-order valence-corrected chi connectivity index (χ1v) is 8.98. The van der Waals surface area contributed by atoms with Gasteiger partial charge in [0.2, 0.25) is 5.88 Å². The number of pyridine rings is 1. The molecule has 3 heterocycles. The number of carbonyl (C=O) groups is 1. The minimum atomic E-state index is -0.00577. The Morgan fingerprint density at radius 3 is 2.88 bits per heavy atom. The van der Waals surface area contributed by atoms with E-state index in [9.17, 15) is 4.79 Å². The minimum Gasteiger partial charge on any atom is -0.480 e. The summed E-state index contributed by atoms with van der Waals surface area (Å²) in [5.74, 6) is 1.67. The topological polar surface area (TPSA) is 80.2 Å². The highest BCUT2D eigenvalue weighted by Crippen LogP contribution is 2.24. The van der Waals surface area contributed by atoms with E-state index in [2.05, 4.69) is 20.3 Å². The van der Waals surface area contributed by atoms with Crippen molar-refractivity contribution in [2.45, 2.75) is 25.7 Å². The number of carbonyl (C=O) groups excluding carboxylic acids is 1. The maximum absolute atomic E-state index is 12.8. The van der Waals surface area contributed by atoms with Gasteiger partial charge in [-0.15, -0.1) is 0 Å². The molecule has 0 radical (unpaired) electrons. The average Bonchev–Trinajstić information content (AvgIpc) is 2.93. The molecule has 0 saturated carbocycles. The zero-order chi connectivity index (χ0) is 18.4. The fourth-order valence-electron chi connectivity index (χ4n) is 3.34. The van der Waals surface area contributed by atoms with Crippen LogP contribution in [0, 0.1) is 5.92 Å². The third kappa shape index (κ3) is 4.28. The molecule has 7 heteroatoms. The van der Waals surface area contributed by atoms with Crippen molar-refractivity contribution in [3.8, 4) is 5.88 Å². The quantitative estimate of drug-likeness (QED) is 0.887. The second kappa shape index (κ2) is 8.60. The molecule has 0 spiro atoms. The van der Waals surface area contributed by atoms with Crippen LogP contribution in [0.3, 0.4) is 0 Å². The van der Waals surface area contributed by atoms with Gasteiger partial charge in [0.1, 0.15) is 11.4 Å². The number of methoxy groups -OCH3 is 1. The molecule has 1 fully saturated rings. The summed E-state index contributed by atoms with van der Waals surface area (Å²) in [5.41, 5.74) is 1.53. The van der Waals surface area contributed by atoms with Gasteiger partial charge in [-0.1, -0.05) is 0 Å². The summed E-state index contributed by atoms with van der Waals surface area (Å²) in [5, 5.41) is 2.98. The first-order valence-electron chi connectivity index (χ1n) is 8.98. The lowest BCUT2D eigenvalue weighted by Gasteiger charge is -2.21. The third-order valence-electron chi connectivity index (χ3n) is 4.79. The molecule has 0 aromatic carbocycles. The van der Waals surface area contributed by atoms with Crippen LogP contribution < -0.4 is 10.1 Å². The Morgan fingerprint density at radius 2 is 2.15 bits per heavy atom. The number of hydrogen-bond donors (Lipinski definition) is 1. The summed E-state index contributed by atoms with van der Waals surface area (Å²) < 4.78 is 5.23. The predicted octanol–water partition coefficient (Wildman–Crippen LogP) is 2.41. The summed E-state index contributed by atoms with van der Waals surface area (Å²) in [6.07, 6.45) is 9.16. The highest BCUT2D eigenvalue weighted by molar-refractivity contribution is 5.96. The average molecular weight is 355 g/mol. The Hall–Kier alpha value is -2.70. The lowest BCUT2D eigenvalue weighted by atomic mass is 9.95. The summed E-state index contributed by atoms with van der Waals surface area (Å²) in [6.45, 7) is 1.50. The van der Waals surface area contributed by atoms with E-state index in [4.69, 9.17) is 4.74 Å². The van der Waals surface area contributed by atoms with Gasteiger partial charge in [0.15, 0.2) is 0 Å². The van der Waals surface area contributed by atoms with Crippen LogP contribution in [0.4, 0.5) is 5.82 Å². The van der Waals surface area contributed by atoms with E-state index in [1.54, 1.807) is 24.5 Å². The Bertz CT molecular complexity index is 735. The van der Waals surface area contributed by atoms with Crippen molar-refractivity contribution in [2.75, 3.05) is 32.6 Å². The van der Waals surface area contributed by atoms with Gasteiger partial charge in [0.25, 0.3) is 5.91 Å². The fourth-order valence-corrected chi connectivity index (χ4v) is 3.34. The van der Waals surface area contributed by atoms with Crippen LogP contribution in [-0.2, 0) is 6.42 Å². The number of nitrogens with one attached hydrogen (secondary N) is 1. The predicted molar refractivity (Wildman–Crippen MR) is 99.3 cm³/mol. The molecule has 26 heavy (non-hydrogen) atoms. The first-order chi connectivity index (χ1) is 12.7. The largest absolute Gasteiger partial charge is 0.480 e. The van der Waals surface area contributed by atoms with Crippen molar-refractivity contribution in [1.82, 2.24) is 19.9 Å². The number of hydrogen-bond acceptors (Lipinski definition) is 6. The normalized spacial score (nSPS) is 17.5. The smallest absolute Gasteiger partial charge is 0.259 e. The second-order valence-corrected chi connectivity index (χ2v) is 6.50. The van der Waals surface area contributed by atoms with Crippen LogP contribution in [0.25, 0.3) is 0 Å². The number of rotatable bonds is 5. The molecular formula is C19H25N5O2. The van der Waals surface area contributed by atoms with Crippen LogP contribution >= 0.6 is 0 Å². The maximum Gasteiger partial charge on any atom is 0.259 e. The molecule has 1 saturated heterocycles. The van der Waals surface area contributed by atoms with E-state index in [0.717, 1.165) is 50.3 Å². The van der Waals surface area contributed by atoms with E-state index in [0.29, 0.717) is 17.4 Å². The van der Waals surface area contributed by atoms with Gasteiger partial charge in [0, 0.05) is 26.3 Å². The molecule has 0 aliphatic carbocycles. The van der Waals surface area contributed by atoms with E-state index in [1.807, 2.05) is 18.1 Å². The second-order valence-electron chi connectivity index (χ2n) is 6.50. The van der Waals surface area contributed by atoms with Gasteiger partial charge < -0.3 is 15.0 Å². The van der Waals surface area contributed by atoms with Crippen LogP contribution in [-0.4, -0.2) is 53.0 Å². The van der Waals surface area contributed by atoms with Crippen molar-refractivity contribution in [3.63, 3.8) is 0 Å². The standard InChI is InChI=1S/C19H25N5O2/c1-20-17-13-22-15(12-23-17)11-14-5-4-9-24(10-7-14)19(25)16-6-3-8-21-18(16)26-2/h3,6,8,12-14H,4-5,7,9-11H2,1-2H3,(H,20,23)/t14-/m1/s1. The molecule has 7 nitrogen and oxygen atoms in total. The monoisotopic (exact) mass is 355 g/mol. The zero-order valence-corrected chi connectivity index (χ0v) is 15.3. The Kier molecular flexibility index (Phi) is 5.99. The third-order valence-corrected chi connectivity index (χ3v) is 4.79. The van der Waals surface area contributed by atoms with E-state index in [1.165, 1.54) is 7.11 Å². The van der Waals surface area contributed by atoms with Gasteiger partial charge in [-0.2, -0.15) is 0 Å². The lowest BCUT2D eigenvalue weighted by molar-refractivity contribution is 0.0755. The Labute approximate surface area is 153 Å². The zero-order valence-electron chi connectivity index (χ0n) is 15.3. The molecule has 1 amide bonds. The number of ether oxygens (including phenoxy) is 1. The van der Waals surface area contributed by atoms with Crippen molar-refractivity contribution < 1.29 is 9.53 Å². The molecule has 1 aliphatic heterocycles. The van der Waals surface area contributed by atoms with Crippen molar-refractivity contribution >= 4 is 11.7 Å². The molecule has 0 bridgehead atoms. The lowest BCUT2D eigenvalue weighted by Crippen LogP contribution is -2.32. The minimum absolute atomic E-state index is 0.00577. The van der Waals surface area contributed by atoms with Crippen molar-refractivity contribution in [2.24, 2.45) is 5.92 Å². The van der Waals surface area contributed by atoms with Crippen LogP contribution in [0.1, 0.15) is 35.3 Å². The highest BCUT2D eigenvalue weighted by Gasteiger charge is 2.24. The van der Waals surface area contributed by atoms with E-state index >= 15 is 0 Å². The summed E-state index contributed by atoms with van der Waals surface area (Å²) in [4.78, 5) is 27.7. The first kappa shape index (κ1) is 18.1. The molecule has 1 aliphatic rings. The number of anilines is 1. The molecule has 138 valence electrons. The van der Waals surface area contributed by atoms with Gasteiger partial charge in [-0.3, -0.25) is 9.78 Å². The van der Waals surface area contributed by atoms with E-state index in [-0.39, 0.29) is 5.91 Å². The summed E-state index contributed by atoms with van der Waals surface area (Å²) in [7, 11) is 3.37. The molecular weight excluding hydrogens is 330 g/mol. The van der Waals surface area contributed by atoms with Crippen LogP contribution in [0.15, 0.2) is 30.7 Å². The molecule has 3 rings (SSSR count). The Balaban J connectivity index is 1.61. The van der Waals surface area contributed by atoms with E-state index < -0.39 is 0 Å². The number of likely N-dealkylation sites (tertiary alicyclic amines) is 1. The maximum atomic E-state index is 12.8. The molecule has 1 N–H and O–H groups in total. The number of aromatic nitrogens is 3. The van der Waals surface area contributed by atoms with Gasteiger partial charge in [-0.05, 0) is 43.7 Å². The summed E-state index contributed by atoms with van der Waals surface area (Å²) in [6, 6.07) is 3.54. The van der Waals surface area contributed by atoms with Gasteiger partial charge in [0.05, 0.1) is 25.2 Å². The Morgan fingerprint density at radius 1 is 1.27 bits per heavy atom. The number of nitrogens with zero attached hydrogens (tertiary/aromatic N) is 4.